The van der Waals surface area contributed by atoms with Crippen molar-refractivity contribution in [3.63, 3.8) is 0 Å². The standard InChI is InChI=1S/C16H14N4OS/c1-4-9-20-13-7-5-6-8-14(13)22-16(20)17-15(21)12-10-11(2)19(3)18-12/h1,5-8,10H,9H2,2-3H3. The number of benzene rings is 1. The van der Waals surface area contributed by atoms with Gasteiger partial charge >= 0.3 is 0 Å². The van der Waals surface area contributed by atoms with Gasteiger partial charge in [0.25, 0.3) is 5.91 Å². The van der Waals surface area contributed by atoms with Gasteiger partial charge in [0.2, 0.25) is 0 Å². The second-order valence-electron chi connectivity index (χ2n) is 4.85. The summed E-state index contributed by atoms with van der Waals surface area (Å²) in [6, 6.07) is 9.58. The smallest absolute Gasteiger partial charge is 0.300 e. The molecule has 0 aliphatic rings. The van der Waals surface area contributed by atoms with Crippen molar-refractivity contribution in [3.05, 3.63) is 46.5 Å². The monoisotopic (exact) mass is 310 g/mol. The van der Waals surface area contributed by atoms with E-state index >= 15 is 0 Å². The van der Waals surface area contributed by atoms with Crippen molar-refractivity contribution in [1.82, 2.24) is 14.3 Å². The van der Waals surface area contributed by atoms with E-state index in [1.165, 1.54) is 11.3 Å². The summed E-state index contributed by atoms with van der Waals surface area (Å²) in [7, 11) is 1.80. The Hall–Kier alpha value is -2.65. The lowest BCUT2D eigenvalue weighted by Crippen LogP contribution is -2.16. The Labute approximate surface area is 131 Å². The molecule has 0 radical (unpaired) electrons. The van der Waals surface area contributed by atoms with E-state index in [1.54, 1.807) is 17.8 Å². The molecular formula is C16H14N4OS. The van der Waals surface area contributed by atoms with Crippen LogP contribution in [0, 0.1) is 19.3 Å². The Morgan fingerprint density at radius 2 is 2.23 bits per heavy atom. The predicted molar refractivity (Wildman–Crippen MR) is 86.5 cm³/mol. The molecule has 0 aliphatic carbocycles. The van der Waals surface area contributed by atoms with Gasteiger partial charge in [-0.1, -0.05) is 29.4 Å². The van der Waals surface area contributed by atoms with Crippen molar-refractivity contribution in [3.8, 4) is 12.3 Å². The molecule has 0 saturated carbocycles. The van der Waals surface area contributed by atoms with E-state index in [2.05, 4.69) is 16.0 Å². The zero-order valence-electron chi connectivity index (χ0n) is 12.3. The molecule has 0 spiro atoms. The first kappa shape index (κ1) is 14.3. The molecule has 22 heavy (non-hydrogen) atoms. The van der Waals surface area contributed by atoms with Gasteiger partial charge in [-0.25, -0.2) is 0 Å². The molecule has 1 aromatic carbocycles. The number of aromatic nitrogens is 3. The summed E-state index contributed by atoms with van der Waals surface area (Å²) >= 11 is 1.44. The number of thiazole rings is 1. The molecule has 110 valence electrons. The van der Waals surface area contributed by atoms with Gasteiger partial charge in [0.05, 0.1) is 16.8 Å². The summed E-state index contributed by atoms with van der Waals surface area (Å²) in [4.78, 5) is 17.1. The second-order valence-corrected chi connectivity index (χ2v) is 5.86. The van der Waals surface area contributed by atoms with E-state index < -0.39 is 0 Å². The summed E-state index contributed by atoms with van der Waals surface area (Å²) in [6.45, 7) is 2.26. The number of carbonyl (C=O) groups excluding carboxylic acids is 1. The summed E-state index contributed by atoms with van der Waals surface area (Å²) in [5.41, 5.74) is 2.23. The lowest BCUT2D eigenvalue weighted by molar-refractivity contribution is 0.0992. The SMILES string of the molecule is C#CCn1c(=NC(=O)c2cc(C)n(C)n2)sc2ccccc21. The molecule has 0 bridgehead atoms. The molecule has 3 aromatic rings. The molecule has 0 atom stereocenters. The molecule has 5 nitrogen and oxygen atoms in total. The van der Waals surface area contributed by atoms with Gasteiger partial charge in [-0.15, -0.1) is 6.42 Å². The summed E-state index contributed by atoms with van der Waals surface area (Å²) in [6.07, 6.45) is 5.44. The molecule has 0 fully saturated rings. The quantitative estimate of drug-likeness (QED) is 0.681. The third-order valence-corrected chi connectivity index (χ3v) is 4.43. The van der Waals surface area contributed by atoms with Crippen LogP contribution in [0.2, 0.25) is 0 Å². The van der Waals surface area contributed by atoms with Crippen LogP contribution in [0.5, 0.6) is 0 Å². The topological polar surface area (TPSA) is 52.2 Å². The normalized spacial score (nSPS) is 11.8. The number of fused-ring (bicyclic) bond motifs is 1. The Morgan fingerprint density at radius 1 is 1.45 bits per heavy atom. The minimum absolute atomic E-state index is 0.338. The van der Waals surface area contributed by atoms with E-state index in [9.17, 15) is 4.79 Å². The fourth-order valence-electron chi connectivity index (χ4n) is 2.16. The fourth-order valence-corrected chi connectivity index (χ4v) is 3.19. The number of aryl methyl sites for hydroxylation is 2. The van der Waals surface area contributed by atoms with Crippen LogP contribution < -0.4 is 4.80 Å². The van der Waals surface area contributed by atoms with E-state index in [0.717, 1.165) is 15.9 Å². The van der Waals surface area contributed by atoms with Gasteiger partial charge in [-0.3, -0.25) is 9.48 Å². The van der Waals surface area contributed by atoms with Crippen LogP contribution in [0.1, 0.15) is 16.2 Å². The number of nitrogens with zero attached hydrogens (tertiary/aromatic N) is 4. The minimum atomic E-state index is -0.360. The highest BCUT2D eigenvalue weighted by atomic mass is 32.1. The van der Waals surface area contributed by atoms with Gasteiger partial charge in [0.15, 0.2) is 10.5 Å². The maximum absolute atomic E-state index is 12.3. The van der Waals surface area contributed by atoms with E-state index in [1.807, 2.05) is 35.8 Å². The van der Waals surface area contributed by atoms with Gasteiger partial charge in [0.1, 0.15) is 0 Å². The first-order valence-corrected chi connectivity index (χ1v) is 7.53. The molecule has 0 N–H and O–H groups in total. The number of hydrogen-bond donors (Lipinski definition) is 0. The zero-order chi connectivity index (χ0) is 15.7. The Bertz CT molecular complexity index is 949. The highest BCUT2D eigenvalue weighted by Gasteiger charge is 2.12. The first-order chi connectivity index (χ1) is 10.6. The van der Waals surface area contributed by atoms with Gasteiger partial charge < -0.3 is 4.57 Å². The third-order valence-electron chi connectivity index (χ3n) is 3.37. The van der Waals surface area contributed by atoms with Crippen LogP contribution in [0.15, 0.2) is 35.3 Å². The largest absolute Gasteiger partial charge is 0.305 e. The van der Waals surface area contributed by atoms with E-state index in [4.69, 9.17) is 6.42 Å². The summed E-state index contributed by atoms with van der Waals surface area (Å²) < 4.78 is 4.57. The Kier molecular flexibility index (Phi) is 3.65. The van der Waals surface area contributed by atoms with Crippen LogP contribution in [-0.2, 0) is 13.6 Å². The van der Waals surface area contributed by atoms with Crippen LogP contribution in [-0.4, -0.2) is 20.3 Å². The minimum Gasteiger partial charge on any atom is -0.305 e. The molecule has 6 heteroatoms. The lowest BCUT2D eigenvalue weighted by atomic mass is 10.3. The third kappa shape index (κ3) is 2.47. The molecule has 0 unspecified atom stereocenters. The van der Waals surface area contributed by atoms with E-state index in [-0.39, 0.29) is 5.91 Å². The number of terminal acetylenes is 1. The highest BCUT2D eigenvalue weighted by Crippen LogP contribution is 2.16. The number of hydrogen-bond acceptors (Lipinski definition) is 3. The van der Waals surface area contributed by atoms with Crippen LogP contribution >= 0.6 is 11.3 Å². The second kappa shape index (κ2) is 5.62. The van der Waals surface area contributed by atoms with Crippen molar-refractivity contribution in [2.45, 2.75) is 13.5 Å². The summed E-state index contributed by atoms with van der Waals surface area (Å²) in [5.74, 6) is 2.25. The molecule has 2 aromatic heterocycles. The van der Waals surface area contributed by atoms with Gasteiger partial charge in [0, 0.05) is 12.7 Å². The maximum atomic E-state index is 12.3. The number of para-hydroxylation sites is 1. The lowest BCUT2D eigenvalue weighted by Gasteiger charge is -1.98. The van der Waals surface area contributed by atoms with Crippen LogP contribution in [0.3, 0.4) is 0 Å². The van der Waals surface area contributed by atoms with Gasteiger partial charge in [-0.05, 0) is 25.1 Å². The maximum Gasteiger partial charge on any atom is 0.300 e. The Balaban J connectivity index is 2.14. The van der Waals surface area contributed by atoms with Crippen molar-refractivity contribution < 1.29 is 4.79 Å². The van der Waals surface area contributed by atoms with Crippen LogP contribution in [0.4, 0.5) is 0 Å². The predicted octanol–water partition coefficient (Wildman–Crippen LogP) is 2.12. The highest BCUT2D eigenvalue weighted by molar-refractivity contribution is 7.16. The van der Waals surface area contributed by atoms with Crippen molar-refractivity contribution in [2.75, 3.05) is 0 Å². The number of carbonyl (C=O) groups is 1. The molecular weight excluding hydrogens is 296 g/mol. The average molecular weight is 310 g/mol. The van der Waals surface area contributed by atoms with Crippen molar-refractivity contribution in [2.24, 2.45) is 12.0 Å². The van der Waals surface area contributed by atoms with Crippen LogP contribution in [0.25, 0.3) is 10.2 Å². The average Bonchev–Trinajstić information content (AvgIpc) is 3.01. The molecule has 1 amide bonds. The first-order valence-electron chi connectivity index (χ1n) is 6.71. The zero-order valence-corrected chi connectivity index (χ0v) is 13.1. The van der Waals surface area contributed by atoms with Crippen molar-refractivity contribution in [1.29, 1.82) is 0 Å². The molecule has 0 aliphatic heterocycles. The molecule has 3 rings (SSSR count). The molecule has 0 saturated heterocycles. The number of rotatable bonds is 2. The molecule has 2 heterocycles. The fraction of sp³-hybridized carbons (Fsp3) is 0.188. The van der Waals surface area contributed by atoms with Crippen molar-refractivity contribution >= 4 is 27.5 Å². The van der Waals surface area contributed by atoms with Gasteiger partial charge in [-0.2, -0.15) is 10.1 Å². The summed E-state index contributed by atoms with van der Waals surface area (Å²) in [5, 5.41) is 4.16. The Morgan fingerprint density at radius 3 is 2.91 bits per heavy atom. The van der Waals surface area contributed by atoms with E-state index in [0.29, 0.717) is 17.0 Å². The number of amides is 1.